The Kier molecular flexibility index (Phi) is 6.20. The van der Waals surface area contributed by atoms with Crippen molar-refractivity contribution >= 4 is 12.2 Å². The van der Waals surface area contributed by atoms with Crippen molar-refractivity contribution in [2.75, 3.05) is 0 Å². The van der Waals surface area contributed by atoms with Gasteiger partial charge in [-0.1, -0.05) is 59.8 Å². The lowest BCUT2D eigenvalue weighted by molar-refractivity contribution is 0.0697. The molecule has 3 rings (SSSR count). The summed E-state index contributed by atoms with van der Waals surface area (Å²) < 4.78 is 5.84. The zero-order chi connectivity index (χ0) is 18.9. The maximum atomic E-state index is 10.9. The van der Waals surface area contributed by atoms with Gasteiger partial charge in [-0.3, -0.25) is 0 Å². The average Bonchev–Trinajstić information content (AvgIpc) is 2.71. The number of carbonyl (C=O) groups is 1. The van der Waals surface area contributed by atoms with Gasteiger partial charge >= 0.3 is 5.97 Å². The van der Waals surface area contributed by atoms with Crippen molar-refractivity contribution < 1.29 is 19.5 Å². The minimum atomic E-state index is -0.945. The summed E-state index contributed by atoms with van der Waals surface area (Å²) in [5.41, 5.74) is 2.98. The molecule has 0 amide bonds. The summed E-state index contributed by atoms with van der Waals surface area (Å²) in [6, 6.07) is 23.9. The number of ether oxygens (including phenoxy) is 1. The SMILES string of the molecule is O=C(O)c1ccc(COc2ccccc2/C=N/OCc2ccccc2)cc1. The first-order valence-corrected chi connectivity index (χ1v) is 8.46. The number of nitrogens with zero attached hydrogens (tertiary/aromatic N) is 1. The summed E-state index contributed by atoms with van der Waals surface area (Å²) in [5, 5.41) is 13.0. The van der Waals surface area contributed by atoms with Crippen molar-refractivity contribution in [3.05, 3.63) is 101 Å². The second-order valence-electron chi connectivity index (χ2n) is 5.82. The predicted octanol–water partition coefficient (Wildman–Crippen LogP) is 4.51. The van der Waals surface area contributed by atoms with Gasteiger partial charge in [-0.25, -0.2) is 4.79 Å². The Hall–Kier alpha value is -3.60. The smallest absolute Gasteiger partial charge is 0.335 e. The van der Waals surface area contributed by atoms with Crippen LogP contribution in [0.5, 0.6) is 5.75 Å². The highest BCUT2D eigenvalue weighted by Gasteiger charge is 2.04. The van der Waals surface area contributed by atoms with Crippen molar-refractivity contribution in [2.24, 2.45) is 5.16 Å². The van der Waals surface area contributed by atoms with Gasteiger partial charge in [0.2, 0.25) is 0 Å². The molecule has 0 aromatic heterocycles. The molecule has 3 aromatic carbocycles. The lowest BCUT2D eigenvalue weighted by Crippen LogP contribution is -2.00. The Morgan fingerprint density at radius 1 is 0.852 bits per heavy atom. The lowest BCUT2D eigenvalue weighted by Gasteiger charge is -2.09. The van der Waals surface area contributed by atoms with Gasteiger partial charge in [-0.2, -0.15) is 0 Å². The van der Waals surface area contributed by atoms with Crippen LogP contribution in [0.25, 0.3) is 0 Å². The van der Waals surface area contributed by atoms with Crippen LogP contribution >= 0.6 is 0 Å². The molecule has 5 nitrogen and oxygen atoms in total. The summed E-state index contributed by atoms with van der Waals surface area (Å²) >= 11 is 0. The van der Waals surface area contributed by atoms with Gasteiger partial charge in [0.15, 0.2) is 0 Å². The van der Waals surface area contributed by atoms with E-state index in [-0.39, 0.29) is 5.56 Å². The van der Waals surface area contributed by atoms with E-state index in [0.717, 1.165) is 16.7 Å². The summed E-state index contributed by atoms with van der Waals surface area (Å²) in [6.07, 6.45) is 1.62. The van der Waals surface area contributed by atoms with E-state index in [4.69, 9.17) is 14.7 Å². The first-order chi connectivity index (χ1) is 13.2. The molecule has 0 heterocycles. The van der Waals surface area contributed by atoms with Crippen LogP contribution in [-0.4, -0.2) is 17.3 Å². The molecule has 0 spiro atoms. The minimum Gasteiger partial charge on any atom is -0.488 e. The van der Waals surface area contributed by atoms with Crippen molar-refractivity contribution in [2.45, 2.75) is 13.2 Å². The quantitative estimate of drug-likeness (QED) is 0.473. The third-order valence-electron chi connectivity index (χ3n) is 3.85. The normalized spacial score (nSPS) is 10.7. The molecule has 1 N–H and O–H groups in total. The summed E-state index contributed by atoms with van der Waals surface area (Å²) in [4.78, 5) is 16.2. The third-order valence-corrected chi connectivity index (χ3v) is 3.85. The van der Waals surface area contributed by atoms with Gasteiger partial charge < -0.3 is 14.7 Å². The first kappa shape index (κ1) is 18.2. The zero-order valence-corrected chi connectivity index (χ0v) is 14.6. The zero-order valence-electron chi connectivity index (χ0n) is 14.6. The number of rotatable bonds is 8. The molecule has 0 radical (unpaired) electrons. The molecule has 5 heteroatoms. The van der Waals surface area contributed by atoms with E-state index in [0.29, 0.717) is 19.0 Å². The number of benzene rings is 3. The molecule has 3 aromatic rings. The fourth-order valence-corrected chi connectivity index (χ4v) is 2.40. The number of aromatic carboxylic acids is 1. The molecule has 0 aliphatic rings. The number of carboxylic acids is 1. The van der Waals surface area contributed by atoms with E-state index in [2.05, 4.69) is 5.16 Å². The van der Waals surface area contributed by atoms with Crippen molar-refractivity contribution in [3.63, 3.8) is 0 Å². The molecule has 0 aliphatic heterocycles. The second kappa shape index (κ2) is 9.20. The standard InChI is InChI=1S/C22H19NO4/c24-22(25)19-12-10-18(11-13-19)15-26-21-9-5-4-8-20(21)14-23-27-16-17-6-2-1-3-7-17/h1-14H,15-16H2,(H,24,25)/b23-14+. The highest BCUT2D eigenvalue weighted by molar-refractivity contribution is 5.87. The molecule has 0 aliphatic carbocycles. The van der Waals surface area contributed by atoms with Crippen molar-refractivity contribution in [1.29, 1.82) is 0 Å². The minimum absolute atomic E-state index is 0.252. The van der Waals surface area contributed by atoms with E-state index < -0.39 is 5.97 Å². The van der Waals surface area contributed by atoms with Gasteiger partial charge in [0.05, 0.1) is 11.8 Å². The van der Waals surface area contributed by atoms with E-state index in [1.165, 1.54) is 0 Å². The Labute approximate surface area is 157 Å². The van der Waals surface area contributed by atoms with E-state index in [1.807, 2.05) is 54.6 Å². The van der Waals surface area contributed by atoms with E-state index >= 15 is 0 Å². The largest absolute Gasteiger partial charge is 0.488 e. The van der Waals surface area contributed by atoms with Crippen LogP contribution in [0.1, 0.15) is 27.0 Å². The summed E-state index contributed by atoms with van der Waals surface area (Å²) in [5.74, 6) is -0.272. The number of para-hydroxylation sites is 1. The van der Waals surface area contributed by atoms with Crippen LogP contribution < -0.4 is 4.74 Å². The molecule has 0 fully saturated rings. The highest BCUT2D eigenvalue weighted by Crippen LogP contribution is 2.18. The predicted molar refractivity (Wildman–Crippen MR) is 103 cm³/mol. The number of carboxylic acid groups (broad SMARTS) is 1. The molecule has 136 valence electrons. The topological polar surface area (TPSA) is 68.1 Å². The van der Waals surface area contributed by atoms with Crippen LogP contribution in [0.2, 0.25) is 0 Å². The molecule has 0 atom stereocenters. The molecular weight excluding hydrogens is 342 g/mol. The maximum absolute atomic E-state index is 10.9. The Bertz CT molecular complexity index is 905. The van der Waals surface area contributed by atoms with Crippen LogP contribution in [0.3, 0.4) is 0 Å². The second-order valence-corrected chi connectivity index (χ2v) is 5.82. The van der Waals surface area contributed by atoms with Gasteiger partial charge in [0.25, 0.3) is 0 Å². The van der Waals surface area contributed by atoms with E-state index in [9.17, 15) is 4.79 Å². The molecule has 27 heavy (non-hydrogen) atoms. The summed E-state index contributed by atoms with van der Waals surface area (Å²) in [7, 11) is 0. The van der Waals surface area contributed by atoms with Crippen LogP contribution in [0, 0.1) is 0 Å². The van der Waals surface area contributed by atoms with E-state index in [1.54, 1.807) is 30.5 Å². The van der Waals surface area contributed by atoms with Gasteiger partial charge in [-0.15, -0.1) is 0 Å². The van der Waals surface area contributed by atoms with Crippen molar-refractivity contribution in [3.8, 4) is 5.75 Å². The summed E-state index contributed by atoms with van der Waals surface area (Å²) in [6.45, 7) is 0.728. The maximum Gasteiger partial charge on any atom is 0.335 e. The number of hydrogen-bond acceptors (Lipinski definition) is 4. The Morgan fingerprint density at radius 2 is 1.52 bits per heavy atom. The van der Waals surface area contributed by atoms with Gasteiger partial charge in [-0.05, 0) is 35.4 Å². The third kappa shape index (κ3) is 5.44. The average molecular weight is 361 g/mol. The fraction of sp³-hybridized carbons (Fsp3) is 0.0909. The molecule has 0 saturated heterocycles. The Morgan fingerprint density at radius 3 is 2.26 bits per heavy atom. The molecule has 0 bridgehead atoms. The monoisotopic (exact) mass is 361 g/mol. The van der Waals surface area contributed by atoms with Crippen LogP contribution in [0.15, 0.2) is 84.0 Å². The molecule has 0 unspecified atom stereocenters. The molecule has 0 saturated carbocycles. The lowest BCUT2D eigenvalue weighted by atomic mass is 10.1. The number of hydrogen-bond donors (Lipinski definition) is 1. The van der Waals surface area contributed by atoms with Crippen LogP contribution in [-0.2, 0) is 18.1 Å². The van der Waals surface area contributed by atoms with Crippen LogP contribution in [0.4, 0.5) is 0 Å². The fourth-order valence-electron chi connectivity index (χ4n) is 2.40. The molecular formula is C22H19NO4. The van der Waals surface area contributed by atoms with Gasteiger partial charge in [0.1, 0.15) is 19.0 Å². The Balaban J connectivity index is 1.58. The number of oxime groups is 1. The van der Waals surface area contributed by atoms with Crippen molar-refractivity contribution in [1.82, 2.24) is 0 Å². The first-order valence-electron chi connectivity index (χ1n) is 8.46. The van der Waals surface area contributed by atoms with Gasteiger partial charge in [0, 0.05) is 5.56 Å². The highest BCUT2D eigenvalue weighted by atomic mass is 16.6.